The second-order valence-corrected chi connectivity index (χ2v) is 2.87. The molecule has 0 bridgehead atoms. The van der Waals surface area contributed by atoms with Crippen LogP contribution >= 0.6 is 11.6 Å². The zero-order valence-corrected chi connectivity index (χ0v) is 7.35. The molecule has 0 N–H and O–H groups in total. The second kappa shape index (κ2) is 3.42. The maximum absolute atomic E-state index is 11.1. The first-order valence-electron chi connectivity index (χ1n) is 3.42. The van der Waals surface area contributed by atoms with E-state index >= 15 is 0 Å². The molecule has 1 nitrogen and oxygen atoms in total. The first kappa shape index (κ1) is 8.83. The first-order chi connectivity index (χ1) is 5.65. The number of terminal acetylenes is 1. The van der Waals surface area contributed by atoms with Crippen LogP contribution in [0.2, 0.25) is 5.02 Å². The summed E-state index contributed by atoms with van der Waals surface area (Å²) in [5.74, 6) is 1.73. The topological polar surface area (TPSA) is 17.1 Å². The van der Waals surface area contributed by atoms with Gasteiger partial charge >= 0.3 is 0 Å². The van der Waals surface area contributed by atoms with Crippen molar-refractivity contribution >= 4 is 17.4 Å². The highest BCUT2D eigenvalue weighted by Crippen LogP contribution is 2.15. The van der Waals surface area contributed by atoms with E-state index in [1.165, 1.54) is 0 Å². The van der Waals surface area contributed by atoms with Gasteiger partial charge in [-0.1, -0.05) is 17.7 Å². The Morgan fingerprint density at radius 2 is 2.25 bits per heavy atom. The summed E-state index contributed by atoms with van der Waals surface area (Å²) >= 11 is 5.70. The minimum Gasteiger partial charge on any atom is -0.279 e. The number of benzene rings is 1. The van der Waals surface area contributed by atoms with E-state index in [1.807, 2.05) is 6.92 Å². The fraction of sp³-hybridized carbons (Fsp3) is 0.100. The molecule has 0 aliphatic heterocycles. The molecule has 0 aromatic heterocycles. The lowest BCUT2D eigenvalue weighted by molar-refractivity contribution is 0.105. The molecular formula is C10H7ClO. The van der Waals surface area contributed by atoms with Gasteiger partial charge < -0.3 is 0 Å². The van der Waals surface area contributed by atoms with Crippen LogP contribution < -0.4 is 0 Å². The van der Waals surface area contributed by atoms with Crippen LogP contribution in [0.3, 0.4) is 0 Å². The van der Waals surface area contributed by atoms with Crippen LogP contribution in [0.4, 0.5) is 0 Å². The van der Waals surface area contributed by atoms with Crippen LogP contribution in [-0.4, -0.2) is 5.78 Å². The molecule has 1 rings (SSSR count). The molecule has 12 heavy (non-hydrogen) atoms. The van der Waals surface area contributed by atoms with Crippen molar-refractivity contribution in [3.05, 3.63) is 34.3 Å². The van der Waals surface area contributed by atoms with Gasteiger partial charge in [-0.3, -0.25) is 4.79 Å². The molecule has 2 heteroatoms. The largest absolute Gasteiger partial charge is 0.279 e. The van der Waals surface area contributed by atoms with E-state index in [1.54, 1.807) is 18.2 Å². The average molecular weight is 179 g/mol. The van der Waals surface area contributed by atoms with Crippen molar-refractivity contribution in [2.24, 2.45) is 0 Å². The molecule has 0 aliphatic carbocycles. The van der Waals surface area contributed by atoms with Gasteiger partial charge in [-0.15, -0.1) is 6.42 Å². The minimum absolute atomic E-state index is 0.324. The molecule has 1 aromatic carbocycles. The van der Waals surface area contributed by atoms with Gasteiger partial charge in [0.15, 0.2) is 0 Å². The molecule has 0 fully saturated rings. The third kappa shape index (κ3) is 1.66. The summed E-state index contributed by atoms with van der Waals surface area (Å²) in [6.07, 6.45) is 4.98. The lowest BCUT2D eigenvalue weighted by Crippen LogP contribution is -1.97. The van der Waals surface area contributed by atoms with Crippen LogP contribution in [0.5, 0.6) is 0 Å². The summed E-state index contributed by atoms with van der Waals surface area (Å²) in [7, 11) is 0. The van der Waals surface area contributed by atoms with Gasteiger partial charge in [0.05, 0.1) is 0 Å². The fourth-order valence-electron chi connectivity index (χ4n) is 0.917. The number of carbonyl (C=O) groups excluding carboxylic acids is 1. The molecule has 0 aliphatic rings. The third-order valence-corrected chi connectivity index (χ3v) is 1.81. The highest BCUT2D eigenvalue weighted by molar-refractivity contribution is 6.31. The number of hydrogen-bond donors (Lipinski definition) is 0. The van der Waals surface area contributed by atoms with Crippen LogP contribution in [-0.2, 0) is 0 Å². The molecule has 0 atom stereocenters. The zero-order chi connectivity index (χ0) is 9.14. The van der Waals surface area contributed by atoms with Crippen molar-refractivity contribution in [2.75, 3.05) is 0 Å². The summed E-state index contributed by atoms with van der Waals surface area (Å²) in [5, 5.41) is 0.527. The highest BCUT2D eigenvalue weighted by Gasteiger charge is 2.05. The molecule has 0 amide bonds. The van der Waals surface area contributed by atoms with E-state index in [-0.39, 0.29) is 5.78 Å². The molecule has 0 spiro atoms. The zero-order valence-electron chi connectivity index (χ0n) is 6.60. The Bertz CT molecular complexity index is 361. The van der Waals surface area contributed by atoms with E-state index in [0.29, 0.717) is 10.6 Å². The molecule has 0 heterocycles. The van der Waals surface area contributed by atoms with Crippen LogP contribution in [0.15, 0.2) is 18.2 Å². The highest BCUT2D eigenvalue weighted by atomic mass is 35.5. The molecule has 60 valence electrons. The predicted octanol–water partition coefficient (Wildman–Crippen LogP) is 2.46. The van der Waals surface area contributed by atoms with Gasteiger partial charge in [0.25, 0.3) is 0 Å². The van der Waals surface area contributed by atoms with Crippen molar-refractivity contribution in [1.29, 1.82) is 0 Å². The van der Waals surface area contributed by atoms with E-state index in [9.17, 15) is 4.79 Å². The second-order valence-electron chi connectivity index (χ2n) is 2.43. The normalized spacial score (nSPS) is 9.08. The predicted molar refractivity (Wildman–Crippen MR) is 49.4 cm³/mol. The lowest BCUT2D eigenvalue weighted by Gasteiger charge is -1.99. The van der Waals surface area contributed by atoms with Crippen molar-refractivity contribution < 1.29 is 4.79 Å². The van der Waals surface area contributed by atoms with Crippen LogP contribution in [0, 0.1) is 19.3 Å². The monoisotopic (exact) mass is 178 g/mol. The number of rotatable bonds is 1. The van der Waals surface area contributed by atoms with E-state index in [2.05, 4.69) is 5.92 Å². The summed E-state index contributed by atoms with van der Waals surface area (Å²) in [6, 6.07) is 5.08. The van der Waals surface area contributed by atoms with Gasteiger partial charge in [-0.05, 0) is 30.5 Å². The maximum Gasteiger partial charge on any atom is 0.235 e. The fourth-order valence-corrected chi connectivity index (χ4v) is 1.09. The number of aryl methyl sites for hydroxylation is 1. The van der Waals surface area contributed by atoms with Crippen LogP contribution in [0.1, 0.15) is 15.9 Å². The van der Waals surface area contributed by atoms with E-state index in [4.69, 9.17) is 18.0 Å². The maximum atomic E-state index is 11.1. The Morgan fingerprint density at radius 1 is 1.58 bits per heavy atom. The minimum atomic E-state index is -0.324. The number of halogens is 1. The van der Waals surface area contributed by atoms with Crippen molar-refractivity contribution in [1.82, 2.24) is 0 Å². The molecule has 0 saturated carbocycles. The van der Waals surface area contributed by atoms with Crippen molar-refractivity contribution in [3.8, 4) is 12.3 Å². The Labute approximate surface area is 76.4 Å². The van der Waals surface area contributed by atoms with Gasteiger partial charge in [0, 0.05) is 10.6 Å². The number of ketones is 1. The van der Waals surface area contributed by atoms with Crippen molar-refractivity contribution in [3.63, 3.8) is 0 Å². The standard InChI is InChI=1S/C10H7ClO/c1-3-10(12)9-6-8(11)5-4-7(9)2/h1,4-6H,2H3. The van der Waals surface area contributed by atoms with E-state index < -0.39 is 0 Å². The quantitative estimate of drug-likeness (QED) is 0.367. The smallest absolute Gasteiger partial charge is 0.235 e. The Morgan fingerprint density at radius 3 is 2.83 bits per heavy atom. The Kier molecular flexibility index (Phi) is 2.52. The Balaban J connectivity index is 3.25. The lowest BCUT2D eigenvalue weighted by atomic mass is 10.1. The number of Topliss-reactive ketones (excluding diaryl/α,β-unsaturated/α-hetero) is 1. The van der Waals surface area contributed by atoms with Crippen molar-refractivity contribution in [2.45, 2.75) is 6.92 Å². The SMILES string of the molecule is C#CC(=O)c1cc(Cl)ccc1C. The van der Waals surface area contributed by atoms with Crippen LogP contribution in [0.25, 0.3) is 0 Å². The van der Waals surface area contributed by atoms with E-state index in [0.717, 1.165) is 5.56 Å². The van der Waals surface area contributed by atoms with Gasteiger partial charge in [-0.2, -0.15) is 0 Å². The number of carbonyl (C=O) groups is 1. The molecule has 1 aromatic rings. The Hall–Kier alpha value is -1.26. The summed E-state index contributed by atoms with van der Waals surface area (Å²) in [6.45, 7) is 1.82. The summed E-state index contributed by atoms with van der Waals surface area (Å²) in [4.78, 5) is 11.1. The molecule has 0 unspecified atom stereocenters. The van der Waals surface area contributed by atoms with Gasteiger partial charge in [0.1, 0.15) is 0 Å². The van der Waals surface area contributed by atoms with Gasteiger partial charge in [0.2, 0.25) is 5.78 Å². The van der Waals surface area contributed by atoms with Gasteiger partial charge in [-0.25, -0.2) is 0 Å². The molecule has 0 radical (unpaired) electrons. The average Bonchev–Trinajstić information content (AvgIpc) is 2.08. The summed E-state index contributed by atoms with van der Waals surface area (Å²) < 4.78 is 0. The molecule has 0 saturated heterocycles. The first-order valence-corrected chi connectivity index (χ1v) is 3.80. The molecular weight excluding hydrogens is 172 g/mol. The number of hydrogen-bond acceptors (Lipinski definition) is 1. The summed E-state index contributed by atoms with van der Waals surface area (Å²) in [5.41, 5.74) is 1.35. The third-order valence-electron chi connectivity index (χ3n) is 1.58.